The third-order valence-corrected chi connectivity index (χ3v) is 2.64. The molecule has 0 unspecified atom stereocenters. The van der Waals surface area contributed by atoms with Crippen molar-refractivity contribution in [3.8, 4) is 11.4 Å². The molecule has 0 fully saturated rings. The highest BCUT2D eigenvalue weighted by molar-refractivity contribution is 5.58. The fourth-order valence-electron chi connectivity index (χ4n) is 1.76. The maximum atomic E-state index is 13.8. The Balaban J connectivity index is 2.51. The first-order chi connectivity index (χ1) is 8.61. The Morgan fingerprint density at radius 2 is 2.00 bits per heavy atom. The van der Waals surface area contributed by atoms with Gasteiger partial charge in [-0.05, 0) is 26.8 Å². The molecule has 2 rings (SSSR count). The fourth-order valence-corrected chi connectivity index (χ4v) is 1.76. The van der Waals surface area contributed by atoms with Crippen LogP contribution in [0.2, 0.25) is 0 Å². The van der Waals surface area contributed by atoms with Gasteiger partial charge in [0.25, 0.3) is 0 Å². The molecule has 1 N–H and O–H groups in total. The molecule has 0 aliphatic rings. The molecule has 2 aromatic rings. The quantitative estimate of drug-likeness (QED) is 0.901. The van der Waals surface area contributed by atoms with Crippen LogP contribution in [0.5, 0.6) is 0 Å². The van der Waals surface area contributed by atoms with E-state index < -0.39 is 0 Å². The normalized spacial score (nSPS) is 10.4. The van der Waals surface area contributed by atoms with E-state index in [2.05, 4.69) is 15.3 Å². The molecule has 1 heterocycles. The zero-order valence-corrected chi connectivity index (χ0v) is 10.8. The lowest BCUT2D eigenvalue weighted by Gasteiger charge is -2.09. The van der Waals surface area contributed by atoms with Crippen LogP contribution in [0, 0.1) is 19.7 Å². The number of nitrogens with one attached hydrogen (secondary N) is 1. The van der Waals surface area contributed by atoms with Crippen molar-refractivity contribution in [1.82, 2.24) is 9.97 Å². The van der Waals surface area contributed by atoms with Gasteiger partial charge >= 0.3 is 0 Å². The smallest absolute Gasteiger partial charge is 0.186 e. The Morgan fingerprint density at radius 3 is 2.67 bits per heavy atom. The molecule has 1 aromatic heterocycles. The van der Waals surface area contributed by atoms with Crippen molar-refractivity contribution in [2.24, 2.45) is 0 Å². The van der Waals surface area contributed by atoms with Crippen molar-refractivity contribution in [2.45, 2.75) is 20.8 Å². The predicted molar refractivity (Wildman–Crippen MR) is 71.1 cm³/mol. The highest BCUT2D eigenvalue weighted by Crippen LogP contribution is 2.21. The van der Waals surface area contributed by atoms with Gasteiger partial charge in [-0.3, -0.25) is 0 Å². The van der Waals surface area contributed by atoms with Gasteiger partial charge in [0, 0.05) is 12.1 Å². The Morgan fingerprint density at radius 1 is 1.22 bits per heavy atom. The summed E-state index contributed by atoms with van der Waals surface area (Å²) >= 11 is 0. The molecule has 18 heavy (non-hydrogen) atoms. The molecule has 0 amide bonds. The molecular weight excluding hydrogens is 229 g/mol. The van der Waals surface area contributed by atoms with E-state index in [0.717, 1.165) is 11.1 Å². The van der Waals surface area contributed by atoms with Crippen LogP contribution in [-0.4, -0.2) is 16.5 Å². The van der Waals surface area contributed by atoms with Crippen LogP contribution in [0.1, 0.15) is 18.2 Å². The van der Waals surface area contributed by atoms with Crippen LogP contribution >= 0.6 is 0 Å². The number of hydrogen-bond acceptors (Lipinski definition) is 3. The third-order valence-electron chi connectivity index (χ3n) is 2.64. The Labute approximate surface area is 106 Å². The number of halogens is 1. The summed E-state index contributed by atoms with van der Waals surface area (Å²) < 4.78 is 13.8. The number of rotatable bonds is 3. The van der Waals surface area contributed by atoms with Crippen LogP contribution in [0.25, 0.3) is 11.4 Å². The van der Waals surface area contributed by atoms with Gasteiger partial charge in [-0.25, -0.2) is 14.4 Å². The maximum Gasteiger partial charge on any atom is 0.186 e. The summed E-state index contributed by atoms with van der Waals surface area (Å²) in [5, 5.41) is 2.92. The van der Waals surface area contributed by atoms with Crippen molar-refractivity contribution in [3.63, 3.8) is 0 Å². The molecule has 0 radical (unpaired) electrons. The van der Waals surface area contributed by atoms with E-state index in [-0.39, 0.29) is 11.6 Å². The number of aromatic nitrogens is 2. The minimum atomic E-state index is -0.381. The van der Waals surface area contributed by atoms with Crippen LogP contribution < -0.4 is 5.32 Å². The lowest BCUT2D eigenvalue weighted by Crippen LogP contribution is -2.06. The first-order valence-electron chi connectivity index (χ1n) is 5.97. The summed E-state index contributed by atoms with van der Waals surface area (Å²) in [7, 11) is 0. The minimum Gasteiger partial charge on any atom is -0.368 e. The van der Waals surface area contributed by atoms with Crippen molar-refractivity contribution in [1.29, 1.82) is 0 Å². The second kappa shape index (κ2) is 5.12. The summed E-state index contributed by atoms with van der Waals surface area (Å²) in [6.07, 6.45) is 0. The number of anilines is 1. The summed E-state index contributed by atoms with van der Waals surface area (Å²) in [6.45, 7) is 6.19. The SMILES string of the molecule is CCNc1nc(-c2cccc(C)c2)nc(C)c1F. The Kier molecular flexibility index (Phi) is 3.55. The highest BCUT2D eigenvalue weighted by atomic mass is 19.1. The van der Waals surface area contributed by atoms with E-state index in [4.69, 9.17) is 0 Å². The van der Waals surface area contributed by atoms with E-state index in [9.17, 15) is 4.39 Å². The zero-order valence-electron chi connectivity index (χ0n) is 10.8. The summed E-state index contributed by atoms with van der Waals surface area (Å²) in [5.74, 6) is 0.434. The molecule has 0 aliphatic heterocycles. The zero-order chi connectivity index (χ0) is 13.1. The summed E-state index contributed by atoms with van der Waals surface area (Å²) in [4.78, 5) is 8.44. The van der Waals surface area contributed by atoms with Gasteiger partial charge < -0.3 is 5.32 Å². The van der Waals surface area contributed by atoms with E-state index >= 15 is 0 Å². The van der Waals surface area contributed by atoms with Gasteiger partial charge in [0.15, 0.2) is 17.5 Å². The number of hydrogen-bond donors (Lipinski definition) is 1. The van der Waals surface area contributed by atoms with E-state index in [1.165, 1.54) is 0 Å². The molecule has 0 atom stereocenters. The molecule has 0 saturated heterocycles. The van der Waals surface area contributed by atoms with Crippen LogP contribution in [0.3, 0.4) is 0 Å². The number of nitrogens with zero attached hydrogens (tertiary/aromatic N) is 2. The van der Waals surface area contributed by atoms with E-state index in [1.54, 1.807) is 6.92 Å². The average molecular weight is 245 g/mol. The Bertz CT molecular complexity index is 567. The highest BCUT2D eigenvalue weighted by Gasteiger charge is 2.11. The topological polar surface area (TPSA) is 37.8 Å². The van der Waals surface area contributed by atoms with Crippen LogP contribution in [0.4, 0.5) is 10.2 Å². The van der Waals surface area contributed by atoms with Gasteiger partial charge in [-0.1, -0.05) is 23.8 Å². The first kappa shape index (κ1) is 12.5. The number of aryl methyl sites for hydroxylation is 2. The van der Waals surface area contributed by atoms with Gasteiger partial charge in [0.1, 0.15) is 0 Å². The van der Waals surface area contributed by atoms with Gasteiger partial charge in [-0.2, -0.15) is 0 Å². The van der Waals surface area contributed by atoms with Gasteiger partial charge in [-0.15, -0.1) is 0 Å². The van der Waals surface area contributed by atoms with Crippen LogP contribution in [-0.2, 0) is 0 Å². The molecule has 0 spiro atoms. The van der Waals surface area contributed by atoms with Crippen molar-refractivity contribution in [2.75, 3.05) is 11.9 Å². The van der Waals surface area contributed by atoms with Crippen molar-refractivity contribution >= 4 is 5.82 Å². The minimum absolute atomic E-state index is 0.265. The monoisotopic (exact) mass is 245 g/mol. The molecule has 0 bridgehead atoms. The largest absolute Gasteiger partial charge is 0.368 e. The molecule has 3 nitrogen and oxygen atoms in total. The molecular formula is C14H16FN3. The molecule has 4 heteroatoms. The lowest BCUT2D eigenvalue weighted by atomic mass is 10.1. The molecule has 1 aromatic carbocycles. The van der Waals surface area contributed by atoms with Crippen molar-refractivity contribution < 1.29 is 4.39 Å². The summed E-state index contributed by atoms with van der Waals surface area (Å²) in [6, 6.07) is 7.86. The van der Waals surface area contributed by atoms with Gasteiger partial charge in [0.2, 0.25) is 0 Å². The maximum absolute atomic E-state index is 13.8. The third kappa shape index (κ3) is 2.47. The number of benzene rings is 1. The Hall–Kier alpha value is -1.97. The second-order valence-corrected chi connectivity index (χ2v) is 4.20. The molecule has 94 valence electrons. The predicted octanol–water partition coefficient (Wildman–Crippen LogP) is 3.33. The standard InChI is InChI=1S/C14H16FN3/c1-4-16-14-12(15)10(3)17-13(18-14)11-7-5-6-9(2)8-11/h5-8H,4H2,1-3H3,(H,16,17,18). The van der Waals surface area contributed by atoms with E-state index in [1.807, 2.05) is 38.1 Å². The molecule has 0 aliphatic carbocycles. The van der Waals surface area contributed by atoms with Gasteiger partial charge in [0.05, 0.1) is 5.69 Å². The average Bonchev–Trinajstić information content (AvgIpc) is 2.35. The molecule has 0 saturated carbocycles. The first-order valence-corrected chi connectivity index (χ1v) is 5.97. The van der Waals surface area contributed by atoms with Crippen molar-refractivity contribution in [3.05, 3.63) is 41.3 Å². The fraction of sp³-hybridized carbons (Fsp3) is 0.286. The van der Waals surface area contributed by atoms with E-state index in [0.29, 0.717) is 18.1 Å². The summed E-state index contributed by atoms with van der Waals surface area (Å²) in [5.41, 5.74) is 2.39. The lowest BCUT2D eigenvalue weighted by molar-refractivity contribution is 0.606. The second-order valence-electron chi connectivity index (χ2n) is 4.20. The van der Waals surface area contributed by atoms with Crippen LogP contribution in [0.15, 0.2) is 24.3 Å².